The molecule has 0 aromatic heterocycles. The lowest BCUT2D eigenvalue weighted by Crippen LogP contribution is -2.19. The van der Waals surface area contributed by atoms with Crippen LogP contribution in [0.15, 0.2) is 47.4 Å². The number of aryl methyl sites for hydroxylation is 1. The summed E-state index contributed by atoms with van der Waals surface area (Å²) in [6.45, 7) is 1.91. The summed E-state index contributed by atoms with van der Waals surface area (Å²) in [5, 5.41) is 2.46. The van der Waals surface area contributed by atoms with Crippen molar-refractivity contribution >= 4 is 21.6 Å². The van der Waals surface area contributed by atoms with Crippen LogP contribution in [0.1, 0.15) is 15.9 Å². The molecule has 6 nitrogen and oxygen atoms in total. The van der Waals surface area contributed by atoms with Gasteiger partial charge >= 0.3 is 0 Å². The van der Waals surface area contributed by atoms with Gasteiger partial charge in [-0.15, -0.1) is 0 Å². The minimum absolute atomic E-state index is 0.0957. The summed E-state index contributed by atoms with van der Waals surface area (Å²) in [4.78, 5) is 11.6. The molecule has 0 radical (unpaired) electrons. The summed E-state index contributed by atoms with van der Waals surface area (Å²) in [5.74, 6) is -0.211. The number of ether oxygens (including phenoxy) is 1. The zero-order valence-electron chi connectivity index (χ0n) is 13.1. The minimum atomic E-state index is -3.89. The predicted molar refractivity (Wildman–Crippen MR) is 88.4 cm³/mol. The van der Waals surface area contributed by atoms with Gasteiger partial charge in [-0.05, 0) is 37.3 Å². The second-order valence-corrected chi connectivity index (χ2v) is 6.57. The highest BCUT2D eigenvalue weighted by molar-refractivity contribution is 7.92. The van der Waals surface area contributed by atoms with Crippen LogP contribution in [0.2, 0.25) is 0 Å². The molecule has 23 heavy (non-hydrogen) atoms. The Labute approximate surface area is 135 Å². The fourth-order valence-electron chi connectivity index (χ4n) is 2.00. The molecule has 122 valence electrons. The number of carbonyl (C=O) groups excluding carboxylic acids is 1. The standard InChI is InChI=1S/C16H18N2O4S/c1-11-4-7-13(8-5-11)18-23(20,21)15-10-12(16(19)17-2)6-9-14(15)22-3/h4-10,18H,1-3H3,(H,17,19). The maximum absolute atomic E-state index is 12.6. The van der Waals surface area contributed by atoms with Gasteiger partial charge in [0.25, 0.3) is 15.9 Å². The fraction of sp³-hybridized carbons (Fsp3) is 0.188. The first-order chi connectivity index (χ1) is 10.9. The lowest BCUT2D eigenvalue weighted by molar-refractivity contribution is 0.0963. The van der Waals surface area contributed by atoms with Crippen LogP contribution >= 0.6 is 0 Å². The molecule has 2 aromatic rings. The van der Waals surface area contributed by atoms with Crippen LogP contribution in [0.25, 0.3) is 0 Å². The van der Waals surface area contributed by atoms with E-state index in [1.54, 1.807) is 24.3 Å². The quantitative estimate of drug-likeness (QED) is 0.877. The van der Waals surface area contributed by atoms with Gasteiger partial charge in [0.1, 0.15) is 10.6 Å². The predicted octanol–water partition coefficient (Wildman–Crippen LogP) is 2.16. The molecule has 0 bridgehead atoms. The van der Waals surface area contributed by atoms with Crippen LogP contribution in [0.3, 0.4) is 0 Å². The average molecular weight is 334 g/mol. The molecule has 0 aliphatic heterocycles. The van der Waals surface area contributed by atoms with E-state index in [-0.39, 0.29) is 22.1 Å². The van der Waals surface area contributed by atoms with Crippen molar-refractivity contribution in [1.82, 2.24) is 5.32 Å². The Morgan fingerprint density at radius 3 is 2.30 bits per heavy atom. The van der Waals surface area contributed by atoms with E-state index in [0.717, 1.165) is 5.56 Å². The zero-order chi connectivity index (χ0) is 17.0. The Kier molecular flexibility index (Phi) is 4.90. The van der Waals surface area contributed by atoms with Crippen molar-refractivity contribution in [3.8, 4) is 5.75 Å². The number of sulfonamides is 1. The van der Waals surface area contributed by atoms with Crippen molar-refractivity contribution in [2.24, 2.45) is 0 Å². The molecular weight excluding hydrogens is 316 g/mol. The van der Waals surface area contributed by atoms with Gasteiger partial charge in [-0.2, -0.15) is 0 Å². The highest BCUT2D eigenvalue weighted by atomic mass is 32.2. The molecule has 1 amide bonds. The number of rotatable bonds is 5. The Bertz CT molecular complexity index is 814. The molecule has 0 heterocycles. The topological polar surface area (TPSA) is 84.5 Å². The first kappa shape index (κ1) is 16.8. The van der Waals surface area contributed by atoms with Gasteiger partial charge in [0.2, 0.25) is 0 Å². The van der Waals surface area contributed by atoms with E-state index in [4.69, 9.17) is 4.74 Å². The van der Waals surface area contributed by atoms with Gasteiger partial charge in [0.05, 0.1) is 7.11 Å². The first-order valence-electron chi connectivity index (χ1n) is 6.87. The molecule has 0 fully saturated rings. The van der Waals surface area contributed by atoms with Crippen LogP contribution < -0.4 is 14.8 Å². The van der Waals surface area contributed by atoms with Crippen molar-refractivity contribution in [3.63, 3.8) is 0 Å². The van der Waals surface area contributed by atoms with Crippen molar-refractivity contribution in [2.75, 3.05) is 18.9 Å². The van der Waals surface area contributed by atoms with Crippen LogP contribution in [-0.4, -0.2) is 28.5 Å². The maximum Gasteiger partial charge on any atom is 0.265 e. The van der Waals surface area contributed by atoms with Crippen molar-refractivity contribution < 1.29 is 17.9 Å². The number of hydrogen-bond donors (Lipinski definition) is 2. The molecule has 0 aliphatic carbocycles. The number of hydrogen-bond acceptors (Lipinski definition) is 4. The molecule has 2 rings (SSSR count). The monoisotopic (exact) mass is 334 g/mol. The van der Waals surface area contributed by atoms with Crippen LogP contribution in [-0.2, 0) is 10.0 Å². The van der Waals surface area contributed by atoms with Crippen molar-refractivity contribution in [1.29, 1.82) is 0 Å². The number of nitrogens with one attached hydrogen (secondary N) is 2. The van der Waals surface area contributed by atoms with E-state index in [9.17, 15) is 13.2 Å². The SMILES string of the molecule is CNC(=O)c1ccc(OC)c(S(=O)(=O)Nc2ccc(C)cc2)c1. The van der Waals surface area contributed by atoms with Gasteiger partial charge in [0, 0.05) is 18.3 Å². The average Bonchev–Trinajstić information content (AvgIpc) is 2.55. The van der Waals surface area contributed by atoms with E-state index in [1.165, 1.54) is 32.4 Å². The number of benzene rings is 2. The van der Waals surface area contributed by atoms with E-state index in [0.29, 0.717) is 5.69 Å². The third-order valence-corrected chi connectivity index (χ3v) is 4.65. The molecule has 0 saturated heterocycles. The third-order valence-electron chi connectivity index (χ3n) is 3.25. The van der Waals surface area contributed by atoms with E-state index < -0.39 is 10.0 Å². The Balaban J connectivity index is 2.44. The Hall–Kier alpha value is -2.54. The molecule has 2 N–H and O–H groups in total. The summed E-state index contributed by atoms with van der Waals surface area (Å²) in [7, 11) is -1.04. The number of anilines is 1. The number of carbonyl (C=O) groups is 1. The summed E-state index contributed by atoms with van der Waals surface area (Å²) >= 11 is 0. The van der Waals surface area contributed by atoms with Crippen LogP contribution in [0.5, 0.6) is 5.75 Å². The van der Waals surface area contributed by atoms with Gasteiger partial charge in [-0.25, -0.2) is 8.42 Å². The van der Waals surface area contributed by atoms with Crippen LogP contribution in [0, 0.1) is 6.92 Å². The molecule has 0 aliphatic rings. The van der Waals surface area contributed by atoms with Crippen molar-refractivity contribution in [2.45, 2.75) is 11.8 Å². The van der Waals surface area contributed by atoms with Gasteiger partial charge in [-0.1, -0.05) is 17.7 Å². The maximum atomic E-state index is 12.6. The van der Waals surface area contributed by atoms with Crippen LogP contribution in [0.4, 0.5) is 5.69 Å². The fourth-order valence-corrected chi connectivity index (χ4v) is 3.26. The molecule has 2 aromatic carbocycles. The van der Waals surface area contributed by atoms with Gasteiger partial charge in [-0.3, -0.25) is 9.52 Å². The Morgan fingerprint density at radius 2 is 1.74 bits per heavy atom. The first-order valence-corrected chi connectivity index (χ1v) is 8.35. The van der Waals surface area contributed by atoms with Crippen molar-refractivity contribution in [3.05, 3.63) is 53.6 Å². The highest BCUT2D eigenvalue weighted by Crippen LogP contribution is 2.27. The number of amides is 1. The van der Waals surface area contributed by atoms with E-state index in [1.807, 2.05) is 6.92 Å². The molecule has 0 atom stereocenters. The second-order valence-electron chi connectivity index (χ2n) is 4.92. The molecule has 0 unspecified atom stereocenters. The van der Waals surface area contributed by atoms with Gasteiger partial charge in [0.15, 0.2) is 0 Å². The number of methoxy groups -OCH3 is 1. The summed E-state index contributed by atoms with van der Waals surface area (Å²) < 4.78 is 32.8. The molecule has 7 heteroatoms. The summed E-state index contributed by atoms with van der Waals surface area (Å²) in [5.41, 5.74) is 1.69. The molecule has 0 saturated carbocycles. The normalized spacial score (nSPS) is 10.9. The largest absolute Gasteiger partial charge is 0.495 e. The molecular formula is C16H18N2O4S. The zero-order valence-corrected chi connectivity index (χ0v) is 13.9. The van der Waals surface area contributed by atoms with Gasteiger partial charge < -0.3 is 10.1 Å². The summed E-state index contributed by atoms with van der Waals surface area (Å²) in [6.07, 6.45) is 0. The van der Waals surface area contributed by atoms with E-state index >= 15 is 0 Å². The third kappa shape index (κ3) is 3.81. The highest BCUT2D eigenvalue weighted by Gasteiger charge is 2.21. The molecule has 0 spiro atoms. The van der Waals surface area contributed by atoms with E-state index in [2.05, 4.69) is 10.0 Å². The lowest BCUT2D eigenvalue weighted by atomic mass is 10.2. The summed E-state index contributed by atoms with van der Waals surface area (Å²) in [6, 6.07) is 11.2. The smallest absolute Gasteiger partial charge is 0.265 e. The second kappa shape index (κ2) is 6.70. The Morgan fingerprint density at radius 1 is 1.09 bits per heavy atom. The lowest BCUT2D eigenvalue weighted by Gasteiger charge is -2.13. The minimum Gasteiger partial charge on any atom is -0.495 e.